The first-order valence-electron chi connectivity index (χ1n) is 16.2. The van der Waals surface area contributed by atoms with Crippen LogP contribution in [-0.2, 0) is 34.6 Å². The van der Waals surface area contributed by atoms with Crippen LogP contribution in [-0.4, -0.2) is 62.6 Å². The van der Waals surface area contributed by atoms with Crippen LogP contribution in [0.3, 0.4) is 0 Å². The Kier molecular flexibility index (Phi) is 12.7. The predicted octanol–water partition coefficient (Wildman–Crippen LogP) is 6.22. The van der Waals surface area contributed by atoms with Gasteiger partial charge in [0.15, 0.2) is 5.75 Å². The van der Waals surface area contributed by atoms with Crippen molar-refractivity contribution in [3.63, 3.8) is 0 Å². The molecule has 0 aliphatic rings. The summed E-state index contributed by atoms with van der Waals surface area (Å²) < 4.78 is 72.4. The van der Waals surface area contributed by atoms with Gasteiger partial charge in [-0.15, -0.1) is 5.11 Å². The Labute approximate surface area is 301 Å². The molecule has 0 bridgehead atoms. The van der Waals surface area contributed by atoms with Crippen LogP contribution in [0.15, 0.2) is 74.6 Å². The molecule has 4 rings (SSSR count). The predicted molar refractivity (Wildman–Crippen MR) is 196 cm³/mol. The minimum absolute atomic E-state index is 0.0258. The zero-order chi connectivity index (χ0) is 38.4. The number of hydrogen-bond donors (Lipinski definition) is 6. The Hall–Kier alpha value is -4.94. The molecule has 17 heteroatoms. The maximum atomic E-state index is 12.5. The van der Waals surface area contributed by atoms with Gasteiger partial charge in [0.25, 0.3) is 20.2 Å². The smallest absolute Gasteiger partial charge is 0.296 e. The number of amides is 2. The van der Waals surface area contributed by atoms with Crippen LogP contribution in [0.2, 0.25) is 0 Å². The van der Waals surface area contributed by atoms with E-state index >= 15 is 0 Å². The van der Waals surface area contributed by atoms with Gasteiger partial charge < -0.3 is 26.2 Å². The minimum atomic E-state index is -5.05. The summed E-state index contributed by atoms with van der Waals surface area (Å²) in [6.45, 7) is 9.30. The number of benzene rings is 4. The highest BCUT2D eigenvalue weighted by Gasteiger charge is 2.26. The Morgan fingerprint density at radius 3 is 2.02 bits per heavy atom. The summed E-state index contributed by atoms with van der Waals surface area (Å²) in [6.07, 6.45) is 1.03. The number of carbonyl (C=O) groups is 2. The summed E-state index contributed by atoms with van der Waals surface area (Å²) in [5.74, 6) is -0.695. The van der Waals surface area contributed by atoms with E-state index in [1.807, 2.05) is 25.1 Å². The van der Waals surface area contributed by atoms with Gasteiger partial charge in [-0.2, -0.15) is 21.9 Å². The summed E-state index contributed by atoms with van der Waals surface area (Å²) in [5, 5.41) is 24.0. The van der Waals surface area contributed by atoms with Crippen LogP contribution in [0.1, 0.15) is 44.2 Å². The zero-order valence-corrected chi connectivity index (χ0v) is 30.6. The van der Waals surface area contributed by atoms with E-state index in [9.17, 15) is 40.6 Å². The molecule has 0 saturated carbocycles. The summed E-state index contributed by atoms with van der Waals surface area (Å²) >= 11 is 0. The van der Waals surface area contributed by atoms with Crippen molar-refractivity contribution in [2.75, 3.05) is 30.8 Å². The van der Waals surface area contributed by atoms with Gasteiger partial charge in [-0.25, -0.2) is 0 Å². The van der Waals surface area contributed by atoms with Gasteiger partial charge in [0.2, 0.25) is 11.8 Å². The third-order valence-electron chi connectivity index (χ3n) is 8.06. The number of azo groups is 1. The molecular weight excluding hydrogens is 715 g/mol. The molecule has 0 radical (unpaired) electrons. The average Bonchev–Trinajstić information content (AvgIpc) is 3.05. The molecule has 0 unspecified atom stereocenters. The molecule has 278 valence electrons. The minimum Gasteiger partial charge on any atom is -0.505 e. The van der Waals surface area contributed by atoms with Crippen LogP contribution >= 0.6 is 0 Å². The normalized spacial score (nSPS) is 12.1. The second-order valence-electron chi connectivity index (χ2n) is 12.5. The number of rotatable bonds is 15. The number of ether oxygens (including phenoxy) is 1. The lowest BCUT2D eigenvalue weighted by Gasteiger charge is -2.13. The maximum absolute atomic E-state index is 12.5. The monoisotopic (exact) mass is 755 g/mol. The molecule has 4 aromatic carbocycles. The number of nitrogens with two attached hydrogens (primary N) is 1. The highest BCUT2D eigenvalue weighted by molar-refractivity contribution is 7.87. The van der Waals surface area contributed by atoms with Gasteiger partial charge in [0.1, 0.15) is 15.5 Å². The molecule has 0 aromatic heterocycles. The zero-order valence-electron chi connectivity index (χ0n) is 29.0. The van der Waals surface area contributed by atoms with Crippen LogP contribution in [0.4, 0.5) is 22.7 Å². The molecule has 0 atom stereocenters. The number of anilines is 2. The van der Waals surface area contributed by atoms with Crippen molar-refractivity contribution in [2.45, 2.75) is 56.7 Å². The van der Waals surface area contributed by atoms with E-state index in [1.54, 1.807) is 25.1 Å². The molecule has 4 aromatic rings. The van der Waals surface area contributed by atoms with Crippen molar-refractivity contribution in [3.8, 4) is 16.9 Å². The third-order valence-corrected chi connectivity index (χ3v) is 9.85. The summed E-state index contributed by atoms with van der Waals surface area (Å²) in [6, 6.07) is 13.7. The number of fused-ring (bicyclic) bond motifs is 1. The van der Waals surface area contributed by atoms with E-state index in [4.69, 9.17) is 10.5 Å². The van der Waals surface area contributed by atoms with E-state index in [0.29, 0.717) is 48.7 Å². The van der Waals surface area contributed by atoms with Crippen LogP contribution in [0, 0.1) is 19.8 Å². The number of carbonyl (C=O) groups excluding carboxylic acids is 2. The van der Waals surface area contributed by atoms with Crippen LogP contribution in [0.25, 0.3) is 21.9 Å². The molecule has 0 aliphatic carbocycles. The Balaban J connectivity index is 1.44. The number of nitrogens with one attached hydrogen (secondary N) is 2. The highest BCUT2D eigenvalue weighted by atomic mass is 32.2. The van der Waals surface area contributed by atoms with Crippen molar-refractivity contribution in [2.24, 2.45) is 16.1 Å². The molecule has 0 aliphatic heterocycles. The van der Waals surface area contributed by atoms with Gasteiger partial charge in [-0.05, 0) is 84.8 Å². The number of phenols is 1. The Bertz CT molecular complexity index is 2260. The summed E-state index contributed by atoms with van der Waals surface area (Å²) in [7, 11) is -10.0. The second-order valence-corrected chi connectivity index (χ2v) is 15.3. The fourth-order valence-electron chi connectivity index (χ4n) is 5.21. The summed E-state index contributed by atoms with van der Waals surface area (Å²) in [5.41, 5.74) is 9.24. The number of aryl methyl sites for hydroxylation is 2. The van der Waals surface area contributed by atoms with Gasteiger partial charge in [-0.3, -0.25) is 18.7 Å². The number of hydrogen-bond acceptors (Lipinski definition) is 11. The van der Waals surface area contributed by atoms with E-state index in [1.165, 1.54) is 6.07 Å². The largest absolute Gasteiger partial charge is 0.505 e. The number of nitrogens with zero attached hydrogens (tertiary/aromatic N) is 2. The molecule has 0 saturated heterocycles. The summed E-state index contributed by atoms with van der Waals surface area (Å²) in [4.78, 5) is 22.7. The van der Waals surface area contributed by atoms with E-state index < -0.39 is 46.9 Å². The Morgan fingerprint density at radius 1 is 0.808 bits per heavy atom. The lowest BCUT2D eigenvalue weighted by atomic mass is 10.00. The van der Waals surface area contributed by atoms with Gasteiger partial charge >= 0.3 is 0 Å². The molecular formula is C35H41N5O10S2. The van der Waals surface area contributed by atoms with Crippen molar-refractivity contribution < 1.29 is 45.4 Å². The van der Waals surface area contributed by atoms with Gasteiger partial charge in [0.05, 0.1) is 23.4 Å². The molecule has 15 nitrogen and oxygen atoms in total. The SMILES string of the molecule is Cc1cc(-c2ccc(NC(=O)CCC(=O)NCCOCCC(C)C)c(C)c2)ccc1N=Nc1ccc2c(S(=O)(=O)O)cc(S(=O)(=O)O)c(N)c2c1O. The van der Waals surface area contributed by atoms with E-state index in [2.05, 4.69) is 34.7 Å². The number of nitrogen functional groups attached to an aromatic ring is 1. The maximum Gasteiger partial charge on any atom is 0.296 e. The molecule has 52 heavy (non-hydrogen) atoms. The molecule has 7 N–H and O–H groups in total. The second kappa shape index (κ2) is 16.6. The van der Waals surface area contributed by atoms with Crippen LogP contribution < -0.4 is 16.4 Å². The first kappa shape index (κ1) is 39.8. The fourth-order valence-corrected chi connectivity index (χ4v) is 6.65. The van der Waals surface area contributed by atoms with Crippen LogP contribution in [0.5, 0.6) is 5.75 Å². The van der Waals surface area contributed by atoms with Crippen molar-refractivity contribution in [3.05, 3.63) is 65.7 Å². The fraction of sp³-hybridized carbons (Fsp3) is 0.314. The number of phenolic OH excluding ortho intramolecular Hbond substituents is 1. The highest BCUT2D eigenvalue weighted by Crippen LogP contribution is 2.44. The lowest BCUT2D eigenvalue weighted by molar-refractivity contribution is -0.124. The molecule has 2 amide bonds. The number of aromatic hydroxyl groups is 1. The molecule has 0 spiro atoms. The van der Waals surface area contributed by atoms with Crippen molar-refractivity contribution in [1.82, 2.24) is 5.32 Å². The van der Waals surface area contributed by atoms with E-state index in [0.717, 1.165) is 29.2 Å². The third kappa shape index (κ3) is 10.1. The topological polar surface area (TPSA) is 247 Å². The van der Waals surface area contributed by atoms with Gasteiger partial charge in [-0.1, -0.05) is 32.0 Å². The molecule has 0 fully saturated rings. The van der Waals surface area contributed by atoms with Crippen molar-refractivity contribution in [1.29, 1.82) is 0 Å². The Morgan fingerprint density at radius 2 is 1.40 bits per heavy atom. The average molecular weight is 756 g/mol. The standard InChI is InChI=1S/C35H41N5O10S2/c1-20(2)13-15-50-16-14-37-31(41)11-12-32(42)38-26-8-5-23(17-21(26)3)24-6-9-27(22(4)18-24)39-40-28-10-7-25-29(51(44,45)46)19-30(52(47,48)49)34(36)33(25)35(28)43/h5-10,17-20,43H,11-16,36H2,1-4H3,(H,37,41)(H,38,42)(H,44,45,46)(H,47,48,49). The first-order chi connectivity index (χ1) is 24.4. The lowest BCUT2D eigenvalue weighted by Crippen LogP contribution is -2.28. The van der Waals surface area contributed by atoms with Crippen molar-refractivity contribution >= 4 is 65.6 Å². The molecule has 0 heterocycles. The van der Waals surface area contributed by atoms with Gasteiger partial charge in [0, 0.05) is 37.1 Å². The first-order valence-corrected chi connectivity index (χ1v) is 19.1. The van der Waals surface area contributed by atoms with E-state index in [-0.39, 0.29) is 35.7 Å². The quantitative estimate of drug-likeness (QED) is 0.0344.